The fourth-order valence-corrected chi connectivity index (χ4v) is 4.01. The molecular formula is C20H25N3O2. The second-order valence-electron chi connectivity index (χ2n) is 7.10. The van der Waals surface area contributed by atoms with Crippen LogP contribution >= 0.6 is 0 Å². The molecule has 0 radical (unpaired) electrons. The average Bonchev–Trinajstić information content (AvgIpc) is 3.04. The Morgan fingerprint density at radius 2 is 2.00 bits per heavy atom. The zero-order valence-electron chi connectivity index (χ0n) is 14.5. The number of rotatable bonds is 7. The number of aromatic nitrogens is 2. The standard InChI is InChI=1S/C20H25N3O2/c1-2-18(12-22-7-1)14-24-10-5-19-6-11-25-20(19)15-23(16-20)13-17-3-8-21-9-4-17/h1-4,7-9,12,19H,5-6,10-11,13-16H2. The van der Waals surface area contributed by atoms with Gasteiger partial charge < -0.3 is 9.47 Å². The predicted molar refractivity (Wildman–Crippen MR) is 94.8 cm³/mol. The molecule has 0 amide bonds. The highest BCUT2D eigenvalue weighted by Crippen LogP contribution is 2.42. The molecule has 2 aliphatic heterocycles. The smallest absolute Gasteiger partial charge is 0.0964 e. The Kier molecular flexibility index (Phi) is 5.06. The Labute approximate surface area is 149 Å². The minimum Gasteiger partial charge on any atom is -0.377 e. The maximum absolute atomic E-state index is 6.15. The summed E-state index contributed by atoms with van der Waals surface area (Å²) in [5.41, 5.74) is 2.51. The zero-order chi connectivity index (χ0) is 17.0. The van der Waals surface area contributed by atoms with Gasteiger partial charge in [-0.25, -0.2) is 0 Å². The molecule has 0 aromatic carbocycles. The van der Waals surface area contributed by atoms with E-state index in [1.54, 1.807) is 6.20 Å². The number of likely N-dealkylation sites (tertiary alicyclic amines) is 1. The van der Waals surface area contributed by atoms with E-state index in [0.717, 1.165) is 51.3 Å². The second-order valence-corrected chi connectivity index (χ2v) is 7.10. The van der Waals surface area contributed by atoms with E-state index in [0.29, 0.717) is 12.5 Å². The van der Waals surface area contributed by atoms with Gasteiger partial charge >= 0.3 is 0 Å². The molecule has 2 saturated heterocycles. The van der Waals surface area contributed by atoms with Crippen LogP contribution in [0.15, 0.2) is 49.1 Å². The molecule has 5 nitrogen and oxygen atoms in total. The van der Waals surface area contributed by atoms with Gasteiger partial charge in [0.15, 0.2) is 0 Å². The average molecular weight is 339 g/mol. The molecule has 4 heterocycles. The number of ether oxygens (including phenoxy) is 2. The molecule has 1 spiro atoms. The molecule has 132 valence electrons. The lowest BCUT2D eigenvalue weighted by Gasteiger charge is -2.50. The molecule has 2 aliphatic rings. The van der Waals surface area contributed by atoms with Gasteiger partial charge in [-0.2, -0.15) is 0 Å². The zero-order valence-corrected chi connectivity index (χ0v) is 14.5. The molecule has 2 aromatic rings. The fourth-order valence-electron chi connectivity index (χ4n) is 4.01. The molecule has 2 aromatic heterocycles. The van der Waals surface area contributed by atoms with Gasteiger partial charge in [0, 0.05) is 57.6 Å². The molecular weight excluding hydrogens is 314 g/mol. The first-order valence-corrected chi connectivity index (χ1v) is 9.06. The molecule has 5 heteroatoms. The lowest BCUT2D eigenvalue weighted by Crippen LogP contribution is -2.64. The molecule has 0 saturated carbocycles. The summed E-state index contributed by atoms with van der Waals surface area (Å²) in [5, 5.41) is 0. The van der Waals surface area contributed by atoms with Crippen LogP contribution in [0.2, 0.25) is 0 Å². The van der Waals surface area contributed by atoms with Crippen LogP contribution in [0.4, 0.5) is 0 Å². The maximum atomic E-state index is 6.15. The van der Waals surface area contributed by atoms with Crippen molar-refractivity contribution in [1.82, 2.24) is 14.9 Å². The third-order valence-corrected chi connectivity index (χ3v) is 5.34. The van der Waals surface area contributed by atoms with Crippen LogP contribution < -0.4 is 0 Å². The molecule has 4 rings (SSSR count). The van der Waals surface area contributed by atoms with Gasteiger partial charge in [-0.1, -0.05) is 6.07 Å². The van der Waals surface area contributed by atoms with Crippen molar-refractivity contribution in [2.24, 2.45) is 5.92 Å². The number of pyridine rings is 2. The van der Waals surface area contributed by atoms with E-state index in [2.05, 4.69) is 33.1 Å². The van der Waals surface area contributed by atoms with Gasteiger partial charge in [0.25, 0.3) is 0 Å². The van der Waals surface area contributed by atoms with Crippen LogP contribution in [-0.2, 0) is 22.6 Å². The Morgan fingerprint density at radius 3 is 2.80 bits per heavy atom. The highest BCUT2D eigenvalue weighted by Gasteiger charge is 2.52. The van der Waals surface area contributed by atoms with Gasteiger partial charge in [0.2, 0.25) is 0 Å². The summed E-state index contributed by atoms with van der Waals surface area (Å²) in [6.45, 7) is 5.36. The molecule has 1 unspecified atom stereocenters. The Morgan fingerprint density at radius 1 is 1.12 bits per heavy atom. The van der Waals surface area contributed by atoms with Gasteiger partial charge in [0.05, 0.1) is 12.2 Å². The summed E-state index contributed by atoms with van der Waals surface area (Å²) >= 11 is 0. The van der Waals surface area contributed by atoms with Crippen molar-refractivity contribution >= 4 is 0 Å². The van der Waals surface area contributed by atoms with Gasteiger partial charge in [-0.05, 0) is 48.1 Å². The van der Waals surface area contributed by atoms with Crippen LogP contribution in [0, 0.1) is 5.92 Å². The third-order valence-electron chi connectivity index (χ3n) is 5.34. The summed E-state index contributed by atoms with van der Waals surface area (Å²) in [5.74, 6) is 0.607. The van der Waals surface area contributed by atoms with Crippen molar-refractivity contribution in [2.75, 3.05) is 26.3 Å². The normalized spacial score (nSPS) is 22.2. The SMILES string of the molecule is c1cncc(COCCC2CCOC23CN(Cc2ccncc2)C3)c1. The number of nitrogens with zero attached hydrogens (tertiary/aromatic N) is 3. The Bertz CT molecular complexity index is 659. The molecule has 1 atom stereocenters. The van der Waals surface area contributed by atoms with E-state index in [4.69, 9.17) is 9.47 Å². The molecule has 0 aliphatic carbocycles. The molecule has 25 heavy (non-hydrogen) atoms. The van der Waals surface area contributed by atoms with Crippen LogP contribution in [0.1, 0.15) is 24.0 Å². The Balaban J connectivity index is 1.22. The predicted octanol–water partition coefficient (Wildman–Crippen LogP) is 2.67. The first-order valence-electron chi connectivity index (χ1n) is 9.06. The van der Waals surface area contributed by atoms with Gasteiger partial charge in [-0.3, -0.25) is 14.9 Å². The fraction of sp³-hybridized carbons (Fsp3) is 0.500. The van der Waals surface area contributed by atoms with Crippen molar-refractivity contribution in [3.05, 3.63) is 60.2 Å². The highest BCUT2D eigenvalue weighted by molar-refractivity contribution is 5.13. The van der Waals surface area contributed by atoms with Crippen molar-refractivity contribution in [3.8, 4) is 0 Å². The van der Waals surface area contributed by atoms with E-state index < -0.39 is 0 Å². The highest BCUT2D eigenvalue weighted by atomic mass is 16.5. The van der Waals surface area contributed by atoms with Crippen molar-refractivity contribution in [2.45, 2.75) is 31.6 Å². The lowest BCUT2D eigenvalue weighted by atomic mass is 9.79. The molecule has 0 N–H and O–H groups in total. The lowest BCUT2D eigenvalue weighted by molar-refractivity contribution is -0.139. The first-order chi connectivity index (χ1) is 12.3. The monoisotopic (exact) mass is 339 g/mol. The van der Waals surface area contributed by atoms with E-state index >= 15 is 0 Å². The number of hydrogen-bond donors (Lipinski definition) is 0. The third kappa shape index (κ3) is 3.89. The van der Waals surface area contributed by atoms with Crippen LogP contribution in [0.5, 0.6) is 0 Å². The van der Waals surface area contributed by atoms with Gasteiger partial charge in [0.1, 0.15) is 0 Å². The van der Waals surface area contributed by atoms with Crippen molar-refractivity contribution < 1.29 is 9.47 Å². The quantitative estimate of drug-likeness (QED) is 0.726. The van der Waals surface area contributed by atoms with Crippen molar-refractivity contribution in [1.29, 1.82) is 0 Å². The maximum Gasteiger partial charge on any atom is 0.0964 e. The van der Waals surface area contributed by atoms with Gasteiger partial charge in [-0.15, -0.1) is 0 Å². The van der Waals surface area contributed by atoms with Crippen LogP contribution in [-0.4, -0.2) is 46.8 Å². The Hall–Kier alpha value is -1.82. The second kappa shape index (κ2) is 7.60. The van der Waals surface area contributed by atoms with E-state index in [-0.39, 0.29) is 5.60 Å². The minimum absolute atomic E-state index is 0.0602. The van der Waals surface area contributed by atoms with E-state index in [1.807, 2.05) is 24.7 Å². The van der Waals surface area contributed by atoms with Crippen molar-refractivity contribution in [3.63, 3.8) is 0 Å². The minimum atomic E-state index is 0.0602. The van der Waals surface area contributed by atoms with E-state index in [1.165, 1.54) is 5.56 Å². The van der Waals surface area contributed by atoms with Crippen LogP contribution in [0.25, 0.3) is 0 Å². The topological polar surface area (TPSA) is 47.5 Å². The van der Waals surface area contributed by atoms with E-state index in [9.17, 15) is 0 Å². The molecule has 2 fully saturated rings. The summed E-state index contributed by atoms with van der Waals surface area (Å²) in [4.78, 5) is 10.7. The number of hydrogen-bond acceptors (Lipinski definition) is 5. The largest absolute Gasteiger partial charge is 0.377 e. The molecule has 0 bridgehead atoms. The van der Waals surface area contributed by atoms with Crippen LogP contribution in [0.3, 0.4) is 0 Å². The summed E-state index contributed by atoms with van der Waals surface area (Å²) in [6, 6.07) is 8.18. The summed E-state index contributed by atoms with van der Waals surface area (Å²) < 4.78 is 12.0. The summed E-state index contributed by atoms with van der Waals surface area (Å²) in [7, 11) is 0. The first kappa shape index (κ1) is 16.6. The summed E-state index contributed by atoms with van der Waals surface area (Å²) in [6.07, 6.45) is 9.60.